The molecule has 4 nitrogen and oxygen atoms in total. The summed E-state index contributed by atoms with van der Waals surface area (Å²) in [6.45, 7) is 7.78. The van der Waals surface area contributed by atoms with E-state index in [1.807, 2.05) is 19.1 Å². The van der Waals surface area contributed by atoms with Gasteiger partial charge in [-0.05, 0) is 62.9 Å². The fourth-order valence-corrected chi connectivity index (χ4v) is 3.13. The van der Waals surface area contributed by atoms with Crippen LogP contribution in [-0.4, -0.2) is 22.2 Å². The molecular weight excluding hydrogens is 276 g/mol. The molecule has 0 spiro atoms. The molecule has 0 fully saturated rings. The summed E-state index contributed by atoms with van der Waals surface area (Å²) in [5.41, 5.74) is 10.5. The predicted molar refractivity (Wildman–Crippen MR) is 90.7 cm³/mol. The highest BCUT2D eigenvalue weighted by atomic mass is 16.4. The molecular formula is C18H26N2O2. The quantitative estimate of drug-likeness (QED) is 0.820. The summed E-state index contributed by atoms with van der Waals surface area (Å²) in [7, 11) is 0. The van der Waals surface area contributed by atoms with Crippen LogP contribution < -0.4 is 5.73 Å². The Bertz CT molecular complexity index is 686. The smallest absolute Gasteiger partial charge is 0.336 e. The van der Waals surface area contributed by atoms with E-state index in [9.17, 15) is 9.90 Å². The van der Waals surface area contributed by atoms with Crippen molar-refractivity contribution in [2.24, 2.45) is 5.73 Å². The van der Waals surface area contributed by atoms with Crippen LogP contribution in [0.2, 0.25) is 0 Å². The van der Waals surface area contributed by atoms with Gasteiger partial charge in [0.25, 0.3) is 0 Å². The van der Waals surface area contributed by atoms with Crippen LogP contribution in [0.5, 0.6) is 0 Å². The molecule has 2 rings (SSSR count). The first-order chi connectivity index (χ1) is 10.5. The molecule has 22 heavy (non-hydrogen) atoms. The van der Waals surface area contributed by atoms with Gasteiger partial charge in [-0.1, -0.05) is 13.3 Å². The van der Waals surface area contributed by atoms with Crippen molar-refractivity contribution in [3.8, 4) is 0 Å². The van der Waals surface area contributed by atoms with Gasteiger partial charge in [-0.15, -0.1) is 0 Å². The van der Waals surface area contributed by atoms with Gasteiger partial charge in [-0.25, -0.2) is 4.79 Å². The lowest BCUT2D eigenvalue weighted by Gasteiger charge is -2.09. The largest absolute Gasteiger partial charge is 0.478 e. The standard InChI is InChI=1S/C18H26N2O2/c1-4-5-9-20-13(3)14(7-6-8-19)16-10-12(2)15(18(21)22)11-17(16)20/h10-11H,4-9,19H2,1-3H3,(H,21,22). The average Bonchev–Trinajstić information content (AvgIpc) is 2.73. The third-order valence-corrected chi connectivity index (χ3v) is 4.40. The average molecular weight is 302 g/mol. The minimum atomic E-state index is -0.858. The van der Waals surface area contributed by atoms with Gasteiger partial charge in [0.05, 0.1) is 5.56 Å². The lowest BCUT2D eigenvalue weighted by Crippen LogP contribution is -2.03. The Hall–Kier alpha value is -1.81. The number of aryl methyl sites for hydroxylation is 3. The number of carboxylic acids is 1. The van der Waals surface area contributed by atoms with Crippen LogP contribution in [0, 0.1) is 13.8 Å². The van der Waals surface area contributed by atoms with Crippen LogP contribution >= 0.6 is 0 Å². The highest BCUT2D eigenvalue weighted by Crippen LogP contribution is 2.30. The number of aromatic carboxylic acids is 1. The van der Waals surface area contributed by atoms with Crippen molar-refractivity contribution < 1.29 is 9.90 Å². The molecule has 120 valence electrons. The minimum absolute atomic E-state index is 0.396. The highest BCUT2D eigenvalue weighted by molar-refractivity contribution is 5.96. The zero-order chi connectivity index (χ0) is 16.3. The van der Waals surface area contributed by atoms with Crippen LogP contribution in [0.25, 0.3) is 10.9 Å². The van der Waals surface area contributed by atoms with Gasteiger partial charge in [-0.2, -0.15) is 0 Å². The van der Waals surface area contributed by atoms with E-state index in [1.54, 1.807) is 0 Å². The molecule has 0 radical (unpaired) electrons. The molecule has 1 aromatic carbocycles. The van der Waals surface area contributed by atoms with Gasteiger partial charge in [0.1, 0.15) is 0 Å². The predicted octanol–water partition coefficient (Wildman–Crippen LogP) is 3.65. The number of nitrogens with zero attached hydrogens (tertiary/aromatic N) is 1. The maximum atomic E-state index is 11.4. The topological polar surface area (TPSA) is 68.2 Å². The molecule has 1 heterocycles. The van der Waals surface area contributed by atoms with Crippen LogP contribution in [0.15, 0.2) is 12.1 Å². The molecule has 0 amide bonds. The number of carbonyl (C=O) groups is 1. The van der Waals surface area contributed by atoms with E-state index in [1.165, 1.54) is 16.6 Å². The molecule has 1 aromatic heterocycles. The van der Waals surface area contributed by atoms with Crippen LogP contribution in [0.1, 0.15) is 53.4 Å². The Morgan fingerprint density at radius 3 is 2.59 bits per heavy atom. The maximum Gasteiger partial charge on any atom is 0.336 e. The minimum Gasteiger partial charge on any atom is -0.478 e. The number of hydrogen-bond acceptors (Lipinski definition) is 2. The van der Waals surface area contributed by atoms with Gasteiger partial charge in [0.2, 0.25) is 0 Å². The lowest BCUT2D eigenvalue weighted by molar-refractivity contribution is 0.0696. The first-order valence-corrected chi connectivity index (χ1v) is 8.06. The summed E-state index contributed by atoms with van der Waals surface area (Å²) < 4.78 is 2.27. The van der Waals surface area contributed by atoms with E-state index >= 15 is 0 Å². The summed E-state index contributed by atoms with van der Waals surface area (Å²) in [4.78, 5) is 11.4. The van der Waals surface area contributed by atoms with Gasteiger partial charge in [0.15, 0.2) is 0 Å². The number of nitrogens with two attached hydrogens (primary N) is 1. The fraction of sp³-hybridized carbons (Fsp3) is 0.500. The Kier molecular flexibility index (Phi) is 5.24. The van der Waals surface area contributed by atoms with Crippen molar-refractivity contribution in [3.63, 3.8) is 0 Å². The van der Waals surface area contributed by atoms with Crippen molar-refractivity contribution in [3.05, 3.63) is 34.5 Å². The second-order valence-corrected chi connectivity index (χ2v) is 5.95. The molecule has 3 N–H and O–H groups in total. The van der Waals surface area contributed by atoms with Gasteiger partial charge in [-0.3, -0.25) is 0 Å². The van der Waals surface area contributed by atoms with Crippen molar-refractivity contribution in [1.82, 2.24) is 4.57 Å². The number of aromatic nitrogens is 1. The second kappa shape index (κ2) is 6.97. The summed E-state index contributed by atoms with van der Waals surface area (Å²) in [6.07, 6.45) is 4.11. The number of hydrogen-bond donors (Lipinski definition) is 2. The van der Waals surface area contributed by atoms with E-state index in [4.69, 9.17) is 5.73 Å². The van der Waals surface area contributed by atoms with Crippen LogP contribution in [-0.2, 0) is 13.0 Å². The summed E-state index contributed by atoms with van der Waals surface area (Å²) in [5, 5.41) is 10.6. The Labute approximate surface area is 131 Å². The second-order valence-electron chi connectivity index (χ2n) is 5.95. The Balaban J connectivity index is 2.65. The van der Waals surface area contributed by atoms with E-state index in [2.05, 4.69) is 18.4 Å². The number of rotatable bonds is 7. The molecule has 0 saturated carbocycles. The molecule has 4 heteroatoms. The molecule has 0 aliphatic heterocycles. The van der Waals surface area contributed by atoms with Gasteiger partial charge < -0.3 is 15.4 Å². The van der Waals surface area contributed by atoms with E-state index in [0.29, 0.717) is 12.1 Å². The summed E-state index contributed by atoms with van der Waals surface area (Å²) in [6, 6.07) is 3.86. The van der Waals surface area contributed by atoms with Crippen molar-refractivity contribution in [2.45, 2.75) is 53.0 Å². The van der Waals surface area contributed by atoms with Gasteiger partial charge in [0, 0.05) is 23.1 Å². The number of fused-ring (bicyclic) bond motifs is 1. The monoisotopic (exact) mass is 302 g/mol. The number of benzene rings is 1. The van der Waals surface area contributed by atoms with Crippen molar-refractivity contribution in [1.29, 1.82) is 0 Å². The first kappa shape index (κ1) is 16.6. The Morgan fingerprint density at radius 2 is 2.00 bits per heavy atom. The number of carboxylic acid groups (broad SMARTS) is 1. The molecule has 2 aromatic rings. The molecule has 0 atom stereocenters. The van der Waals surface area contributed by atoms with E-state index < -0.39 is 5.97 Å². The van der Waals surface area contributed by atoms with E-state index in [-0.39, 0.29) is 0 Å². The molecule has 0 bridgehead atoms. The molecule has 0 aliphatic carbocycles. The third kappa shape index (κ3) is 3.02. The number of unbranched alkanes of at least 4 members (excludes halogenated alkanes) is 1. The lowest BCUT2D eigenvalue weighted by atomic mass is 10.0. The van der Waals surface area contributed by atoms with Crippen LogP contribution in [0.4, 0.5) is 0 Å². The normalized spacial score (nSPS) is 11.3. The fourth-order valence-electron chi connectivity index (χ4n) is 3.13. The molecule has 0 unspecified atom stereocenters. The SMILES string of the molecule is CCCCn1c(C)c(CCCN)c2cc(C)c(C(=O)O)cc21. The molecule has 0 saturated heterocycles. The van der Waals surface area contributed by atoms with Gasteiger partial charge >= 0.3 is 5.97 Å². The van der Waals surface area contributed by atoms with E-state index in [0.717, 1.165) is 43.3 Å². The molecule has 0 aliphatic rings. The van der Waals surface area contributed by atoms with Crippen molar-refractivity contribution in [2.75, 3.05) is 6.54 Å². The van der Waals surface area contributed by atoms with Crippen molar-refractivity contribution >= 4 is 16.9 Å². The summed E-state index contributed by atoms with van der Waals surface area (Å²) >= 11 is 0. The Morgan fingerprint density at radius 1 is 1.27 bits per heavy atom. The first-order valence-electron chi connectivity index (χ1n) is 8.06. The third-order valence-electron chi connectivity index (χ3n) is 4.40. The van der Waals surface area contributed by atoms with Crippen LogP contribution in [0.3, 0.4) is 0 Å². The maximum absolute atomic E-state index is 11.4. The summed E-state index contributed by atoms with van der Waals surface area (Å²) in [5.74, 6) is -0.858. The zero-order valence-corrected chi connectivity index (χ0v) is 13.8. The zero-order valence-electron chi connectivity index (χ0n) is 13.8. The highest BCUT2D eigenvalue weighted by Gasteiger charge is 2.17.